The fourth-order valence-corrected chi connectivity index (χ4v) is 5.06. The minimum atomic E-state index is -2.51. The monoisotopic (exact) mass is 493 g/mol. The van der Waals surface area contributed by atoms with Crippen molar-refractivity contribution in [3.63, 3.8) is 0 Å². The Balaban J connectivity index is 1.16. The number of nitrogens with zero attached hydrogens (tertiary/aromatic N) is 4. The number of carbonyl (C=O) groups excluding carboxylic acids is 1. The van der Waals surface area contributed by atoms with E-state index in [2.05, 4.69) is 20.3 Å². The lowest BCUT2D eigenvalue weighted by atomic mass is 9.84. The van der Waals surface area contributed by atoms with E-state index in [9.17, 15) is 18.0 Å². The molecule has 2 aliphatic rings. The van der Waals surface area contributed by atoms with E-state index in [1.54, 1.807) is 6.07 Å². The average Bonchev–Trinajstić information content (AvgIpc) is 3.04. The van der Waals surface area contributed by atoms with Gasteiger partial charge in [0.15, 0.2) is 6.61 Å². The van der Waals surface area contributed by atoms with Crippen LogP contribution in [0.2, 0.25) is 0 Å². The second-order valence-electron chi connectivity index (χ2n) is 9.63. The van der Waals surface area contributed by atoms with E-state index >= 15 is 0 Å². The van der Waals surface area contributed by atoms with Crippen molar-refractivity contribution in [3.05, 3.63) is 41.1 Å². The van der Waals surface area contributed by atoms with Gasteiger partial charge in [-0.1, -0.05) is 6.07 Å². The second-order valence-corrected chi connectivity index (χ2v) is 9.63. The molecule has 4 rings (SSSR count). The van der Waals surface area contributed by atoms with Crippen molar-refractivity contribution in [2.24, 2.45) is 13.0 Å². The molecular weight excluding hydrogens is 459 g/mol. The number of amides is 1. The van der Waals surface area contributed by atoms with Crippen LogP contribution in [0.15, 0.2) is 18.3 Å². The highest BCUT2D eigenvalue weighted by atomic mass is 19.3. The maximum Gasteiger partial charge on any atom is 0.272 e. The van der Waals surface area contributed by atoms with Gasteiger partial charge >= 0.3 is 0 Å². The van der Waals surface area contributed by atoms with Crippen LogP contribution in [-0.2, 0) is 31.1 Å². The summed E-state index contributed by atoms with van der Waals surface area (Å²) in [6.07, 6.45) is 5.77. The molecule has 0 atom stereocenters. The number of nitrogens with one attached hydrogen (secondary N) is 1. The summed E-state index contributed by atoms with van der Waals surface area (Å²) in [6, 6.07) is 3.78. The van der Waals surface area contributed by atoms with Crippen LogP contribution >= 0.6 is 0 Å². The number of hydrogen-bond donors (Lipinski definition) is 1. The lowest BCUT2D eigenvalue weighted by Gasteiger charge is -2.30. The summed E-state index contributed by atoms with van der Waals surface area (Å²) in [5.74, 6) is 0.293. The summed E-state index contributed by atoms with van der Waals surface area (Å²) in [4.78, 5) is 19.2. The molecular formula is C25H34F3N5O2. The van der Waals surface area contributed by atoms with Crippen LogP contribution in [0.3, 0.4) is 0 Å². The van der Waals surface area contributed by atoms with Gasteiger partial charge in [-0.15, -0.1) is 0 Å². The molecule has 0 aromatic carbocycles. The fourth-order valence-electron chi connectivity index (χ4n) is 5.06. The molecule has 0 unspecified atom stereocenters. The van der Waals surface area contributed by atoms with Crippen LogP contribution in [0.4, 0.5) is 13.2 Å². The zero-order valence-electron chi connectivity index (χ0n) is 20.2. The molecule has 1 aliphatic carbocycles. The molecule has 1 fully saturated rings. The van der Waals surface area contributed by atoms with Crippen LogP contribution in [-0.4, -0.2) is 64.3 Å². The van der Waals surface area contributed by atoms with E-state index in [0.717, 1.165) is 75.0 Å². The van der Waals surface area contributed by atoms with Crippen molar-refractivity contribution in [1.29, 1.82) is 0 Å². The van der Waals surface area contributed by atoms with Crippen LogP contribution in [0.1, 0.15) is 48.9 Å². The molecule has 10 heteroatoms. The first kappa shape index (κ1) is 25.5. The molecule has 7 nitrogen and oxygen atoms in total. The standard InChI is InChI=1S/C25H34F3N5O2/c1-32-25(28)19(15-29-32)14-23(34)30-20-5-2-17(3-6-20)8-11-33-12-9-18-4-7-24(35-16-22(26)27)31-21(18)10-13-33/h4,7,15,17,20,22H,2-3,5-6,8-14,16H2,1H3,(H,30,34). The molecule has 2 aromatic rings. The highest BCUT2D eigenvalue weighted by molar-refractivity contribution is 5.78. The topological polar surface area (TPSA) is 72.3 Å². The third-order valence-electron chi connectivity index (χ3n) is 7.11. The second kappa shape index (κ2) is 11.9. The molecule has 3 heterocycles. The quantitative estimate of drug-likeness (QED) is 0.581. The number of pyridine rings is 1. The number of hydrogen-bond acceptors (Lipinski definition) is 5. The van der Waals surface area contributed by atoms with Crippen molar-refractivity contribution < 1.29 is 22.7 Å². The van der Waals surface area contributed by atoms with Gasteiger partial charge in [0, 0.05) is 49.9 Å². The third-order valence-corrected chi connectivity index (χ3v) is 7.11. The van der Waals surface area contributed by atoms with Crippen molar-refractivity contribution in [1.82, 2.24) is 25.0 Å². The lowest BCUT2D eigenvalue weighted by molar-refractivity contribution is -0.121. The summed E-state index contributed by atoms with van der Waals surface area (Å²) in [5.41, 5.74) is 2.44. The number of halogens is 3. The maximum atomic E-state index is 13.9. The largest absolute Gasteiger partial charge is 0.472 e. The minimum Gasteiger partial charge on any atom is -0.472 e. The highest BCUT2D eigenvalue weighted by Gasteiger charge is 2.24. The molecule has 1 N–H and O–H groups in total. The van der Waals surface area contributed by atoms with Crippen molar-refractivity contribution in [2.45, 2.75) is 63.8 Å². The smallest absolute Gasteiger partial charge is 0.272 e. The lowest BCUT2D eigenvalue weighted by Crippen LogP contribution is -2.39. The molecule has 0 saturated heterocycles. The SMILES string of the molecule is Cn1ncc(CC(=O)NC2CCC(CCN3CCc4ccc(OCC(F)F)nc4CC3)CC2)c1F. The Kier molecular flexibility index (Phi) is 8.64. The molecule has 0 bridgehead atoms. The number of ether oxygens (including phenoxy) is 1. The van der Waals surface area contributed by atoms with Crippen LogP contribution in [0, 0.1) is 11.9 Å². The van der Waals surface area contributed by atoms with Gasteiger partial charge in [0.25, 0.3) is 6.43 Å². The number of carbonyl (C=O) groups is 1. The zero-order valence-corrected chi connectivity index (χ0v) is 20.2. The first-order chi connectivity index (χ1) is 16.9. The Morgan fingerprint density at radius 2 is 1.97 bits per heavy atom. The fraction of sp³-hybridized carbons (Fsp3) is 0.640. The van der Waals surface area contributed by atoms with E-state index in [1.165, 1.54) is 18.8 Å². The summed E-state index contributed by atoms with van der Waals surface area (Å²) >= 11 is 0. The van der Waals surface area contributed by atoms with E-state index in [0.29, 0.717) is 11.5 Å². The first-order valence-electron chi connectivity index (χ1n) is 12.4. The van der Waals surface area contributed by atoms with Gasteiger partial charge < -0.3 is 15.0 Å². The molecule has 35 heavy (non-hydrogen) atoms. The molecule has 192 valence electrons. The Bertz CT molecular complexity index is 991. The third kappa shape index (κ3) is 7.19. The van der Waals surface area contributed by atoms with Gasteiger partial charge in [0.2, 0.25) is 17.7 Å². The summed E-state index contributed by atoms with van der Waals surface area (Å²) in [5, 5.41) is 6.90. The average molecular weight is 494 g/mol. The number of alkyl halides is 2. The number of aryl methyl sites for hydroxylation is 1. The van der Waals surface area contributed by atoms with Crippen molar-refractivity contribution in [3.8, 4) is 5.88 Å². The molecule has 0 radical (unpaired) electrons. The van der Waals surface area contributed by atoms with E-state index in [-0.39, 0.29) is 24.2 Å². The highest BCUT2D eigenvalue weighted by Crippen LogP contribution is 2.28. The predicted molar refractivity (Wildman–Crippen MR) is 125 cm³/mol. The Morgan fingerprint density at radius 3 is 2.69 bits per heavy atom. The minimum absolute atomic E-state index is 0.0195. The van der Waals surface area contributed by atoms with Gasteiger partial charge in [-0.3, -0.25) is 4.79 Å². The van der Waals surface area contributed by atoms with Crippen LogP contribution in [0.25, 0.3) is 0 Å². The van der Waals surface area contributed by atoms with Crippen LogP contribution in [0.5, 0.6) is 5.88 Å². The Morgan fingerprint density at radius 1 is 1.20 bits per heavy atom. The van der Waals surface area contributed by atoms with Gasteiger partial charge in [-0.25, -0.2) is 18.4 Å². The molecule has 1 amide bonds. The normalized spacial score (nSPS) is 20.9. The molecule has 1 aliphatic heterocycles. The summed E-state index contributed by atoms with van der Waals surface area (Å²) in [7, 11) is 1.52. The van der Waals surface area contributed by atoms with E-state index in [4.69, 9.17) is 4.74 Å². The van der Waals surface area contributed by atoms with Crippen molar-refractivity contribution >= 4 is 5.91 Å². The first-order valence-corrected chi connectivity index (χ1v) is 12.4. The van der Waals surface area contributed by atoms with E-state index in [1.807, 2.05) is 6.07 Å². The molecule has 0 spiro atoms. The predicted octanol–water partition coefficient (Wildman–Crippen LogP) is 3.31. The van der Waals surface area contributed by atoms with Gasteiger partial charge in [-0.05, 0) is 56.6 Å². The van der Waals surface area contributed by atoms with Gasteiger partial charge in [0.05, 0.1) is 12.6 Å². The maximum absolute atomic E-state index is 13.9. The summed E-state index contributed by atoms with van der Waals surface area (Å²) < 4.78 is 44.8. The number of fused-ring (bicyclic) bond motifs is 1. The van der Waals surface area contributed by atoms with Crippen molar-refractivity contribution in [2.75, 3.05) is 26.2 Å². The van der Waals surface area contributed by atoms with Crippen LogP contribution < -0.4 is 10.1 Å². The molecule has 1 saturated carbocycles. The van der Waals surface area contributed by atoms with E-state index < -0.39 is 19.0 Å². The van der Waals surface area contributed by atoms with Gasteiger partial charge in [0.1, 0.15) is 0 Å². The molecule has 2 aromatic heterocycles. The zero-order chi connectivity index (χ0) is 24.8. The number of rotatable bonds is 9. The van der Waals surface area contributed by atoms with Gasteiger partial charge in [-0.2, -0.15) is 9.49 Å². The Hall–Kier alpha value is -2.62. The Labute approximate surface area is 204 Å². The summed E-state index contributed by atoms with van der Waals surface area (Å²) in [6.45, 7) is 2.24. The number of aromatic nitrogens is 3.